The van der Waals surface area contributed by atoms with Crippen molar-refractivity contribution >= 4 is 50.0 Å². The summed E-state index contributed by atoms with van der Waals surface area (Å²) in [4.78, 5) is 4.59. The minimum atomic E-state index is -0.594. The molecule has 1 aromatic carbocycles. The molecule has 0 aliphatic carbocycles. The van der Waals surface area contributed by atoms with E-state index in [1.54, 1.807) is 0 Å². The summed E-state index contributed by atoms with van der Waals surface area (Å²) in [5.41, 5.74) is 2.85. The second-order valence-electron chi connectivity index (χ2n) is 4.91. The Hall–Kier alpha value is -0.510. The number of ether oxygens (including phenoxy) is 1. The van der Waals surface area contributed by atoms with Crippen LogP contribution in [0.4, 0.5) is 0 Å². The molecule has 0 N–H and O–H groups in total. The van der Waals surface area contributed by atoms with Crippen LogP contribution in [-0.4, -0.2) is 14.9 Å². The molecule has 19 heavy (non-hydrogen) atoms. The predicted molar refractivity (Wildman–Crippen MR) is 82.8 cm³/mol. The Kier molecular flexibility index (Phi) is 3.19. The summed E-state index contributed by atoms with van der Waals surface area (Å²) in [7, 11) is 0. The first kappa shape index (κ1) is 13.5. The van der Waals surface area contributed by atoms with Crippen molar-refractivity contribution in [2.75, 3.05) is 0 Å². The number of fused-ring (bicyclic) bond motifs is 3. The fraction of sp³-hybridized carbons (Fsp3) is 0.357. The first-order chi connectivity index (χ1) is 8.88. The monoisotopic (exact) mass is 359 g/mol. The van der Waals surface area contributed by atoms with Gasteiger partial charge in [0.15, 0.2) is 0 Å². The molecule has 2 heterocycles. The van der Waals surface area contributed by atoms with Crippen molar-refractivity contribution in [3.8, 4) is 5.75 Å². The molecule has 2 atom stereocenters. The Bertz CT molecular complexity index is 667. The molecule has 0 unspecified atom stereocenters. The van der Waals surface area contributed by atoms with E-state index in [0.29, 0.717) is 5.02 Å². The van der Waals surface area contributed by atoms with Gasteiger partial charge in [0.1, 0.15) is 15.6 Å². The summed E-state index contributed by atoms with van der Waals surface area (Å²) in [6.45, 7) is 3.87. The van der Waals surface area contributed by atoms with Gasteiger partial charge in [-0.2, -0.15) is 0 Å². The van der Waals surface area contributed by atoms with Crippen molar-refractivity contribution in [3.05, 3.63) is 34.5 Å². The Morgan fingerprint density at radius 3 is 2.89 bits per heavy atom. The normalized spacial score (nSPS) is 21.0. The number of aromatic nitrogens is 1. The summed E-state index contributed by atoms with van der Waals surface area (Å²) >= 11 is 16.0. The maximum absolute atomic E-state index is 6.31. The van der Waals surface area contributed by atoms with Gasteiger partial charge in [-0.15, -0.1) is 11.6 Å². The largest absolute Gasteiger partial charge is 0.486 e. The molecule has 0 spiro atoms. The number of rotatable bonds is 1. The highest BCUT2D eigenvalue weighted by Gasteiger charge is 2.38. The molecule has 5 heteroatoms. The topological polar surface area (TPSA) is 22.1 Å². The van der Waals surface area contributed by atoms with Crippen LogP contribution in [0.3, 0.4) is 0 Å². The molecule has 0 radical (unpaired) electrons. The SMILES string of the molecule is Cc1nc2c(Cl)cccc2c2c1C[C@H]([C@](C)(Cl)Br)O2. The molecule has 100 valence electrons. The fourth-order valence-electron chi connectivity index (χ4n) is 2.40. The van der Waals surface area contributed by atoms with Gasteiger partial charge in [-0.3, -0.25) is 4.98 Å². The smallest absolute Gasteiger partial charge is 0.134 e. The maximum Gasteiger partial charge on any atom is 0.134 e. The number of aryl methyl sites for hydroxylation is 1. The highest BCUT2D eigenvalue weighted by atomic mass is 79.9. The number of pyridine rings is 1. The van der Waals surface area contributed by atoms with Crippen molar-refractivity contribution < 1.29 is 4.74 Å². The van der Waals surface area contributed by atoms with Crippen LogP contribution in [0, 0.1) is 6.92 Å². The van der Waals surface area contributed by atoms with E-state index in [1.165, 1.54) is 0 Å². The molecule has 2 nitrogen and oxygen atoms in total. The number of alkyl halides is 2. The summed E-state index contributed by atoms with van der Waals surface area (Å²) < 4.78 is 5.45. The van der Waals surface area contributed by atoms with E-state index in [4.69, 9.17) is 27.9 Å². The second-order valence-corrected chi connectivity index (χ2v) is 8.20. The Morgan fingerprint density at radius 1 is 1.47 bits per heavy atom. The Balaban J connectivity index is 2.22. The second kappa shape index (κ2) is 4.51. The number of nitrogens with zero attached hydrogens (tertiary/aromatic N) is 1. The molecule has 2 aromatic rings. The van der Waals surface area contributed by atoms with E-state index < -0.39 is 3.78 Å². The average molecular weight is 361 g/mol. The lowest BCUT2D eigenvalue weighted by Crippen LogP contribution is -2.31. The summed E-state index contributed by atoms with van der Waals surface area (Å²) in [5.74, 6) is 0.862. The van der Waals surface area contributed by atoms with E-state index in [2.05, 4.69) is 20.9 Å². The highest BCUT2D eigenvalue weighted by Crippen LogP contribution is 2.44. The predicted octanol–water partition coefficient (Wildman–Crippen LogP) is 4.85. The molecule has 1 aromatic heterocycles. The highest BCUT2D eigenvalue weighted by molar-refractivity contribution is 9.10. The summed E-state index contributed by atoms with van der Waals surface area (Å²) in [6.07, 6.45) is 0.635. The third-order valence-electron chi connectivity index (χ3n) is 3.44. The molecular formula is C14H12BrCl2NO. The van der Waals surface area contributed by atoms with Gasteiger partial charge in [0.2, 0.25) is 0 Å². The van der Waals surface area contributed by atoms with Gasteiger partial charge in [0.05, 0.1) is 10.5 Å². The molecule has 0 fully saturated rings. The maximum atomic E-state index is 6.31. The Labute approximate surface area is 130 Å². The molecular weight excluding hydrogens is 349 g/mol. The zero-order chi connectivity index (χ0) is 13.8. The van der Waals surface area contributed by atoms with Gasteiger partial charge in [0.25, 0.3) is 0 Å². The lowest BCUT2D eigenvalue weighted by molar-refractivity contribution is 0.225. The minimum Gasteiger partial charge on any atom is -0.486 e. The van der Waals surface area contributed by atoms with Crippen molar-refractivity contribution in [1.82, 2.24) is 4.98 Å². The number of benzene rings is 1. The molecule has 0 bridgehead atoms. The first-order valence-electron chi connectivity index (χ1n) is 6.00. The minimum absolute atomic E-state index is 0.116. The number of halogens is 3. The standard InChI is InChI=1S/C14H12BrCl2NO/c1-7-9-6-11(14(2,15)17)19-13(9)8-4-3-5-10(16)12(8)18-7/h3-5,11H,6H2,1-2H3/t11-,14+/m1/s1. The molecule has 1 aliphatic rings. The van der Waals surface area contributed by atoms with Crippen LogP contribution in [0.2, 0.25) is 5.02 Å². The van der Waals surface area contributed by atoms with Gasteiger partial charge < -0.3 is 4.74 Å². The van der Waals surface area contributed by atoms with Gasteiger partial charge >= 0.3 is 0 Å². The van der Waals surface area contributed by atoms with Crippen molar-refractivity contribution in [3.63, 3.8) is 0 Å². The van der Waals surface area contributed by atoms with Gasteiger partial charge in [0, 0.05) is 23.1 Å². The molecule has 1 aliphatic heterocycles. The summed E-state index contributed by atoms with van der Waals surface area (Å²) in [5, 5.41) is 1.59. The van der Waals surface area contributed by atoms with E-state index in [-0.39, 0.29) is 6.10 Å². The zero-order valence-electron chi connectivity index (χ0n) is 10.5. The van der Waals surface area contributed by atoms with Gasteiger partial charge in [-0.05, 0) is 26.0 Å². The number of para-hydroxylation sites is 1. The molecule has 0 saturated carbocycles. The third-order valence-corrected chi connectivity index (χ3v) is 4.50. The van der Waals surface area contributed by atoms with Crippen LogP contribution in [0.5, 0.6) is 5.75 Å². The van der Waals surface area contributed by atoms with Crippen molar-refractivity contribution in [2.45, 2.75) is 30.2 Å². The van der Waals surface area contributed by atoms with Crippen molar-refractivity contribution in [2.24, 2.45) is 0 Å². The Morgan fingerprint density at radius 2 is 2.21 bits per heavy atom. The van der Waals surface area contributed by atoms with Crippen LogP contribution in [0.25, 0.3) is 10.9 Å². The third kappa shape index (κ3) is 2.22. The first-order valence-corrected chi connectivity index (χ1v) is 7.55. The fourth-order valence-corrected chi connectivity index (χ4v) is 3.00. The van der Waals surface area contributed by atoms with Crippen LogP contribution < -0.4 is 4.74 Å². The van der Waals surface area contributed by atoms with Crippen LogP contribution in [0.15, 0.2) is 18.2 Å². The van der Waals surface area contributed by atoms with Crippen LogP contribution in [0.1, 0.15) is 18.2 Å². The van der Waals surface area contributed by atoms with E-state index in [0.717, 1.165) is 34.3 Å². The quantitative estimate of drug-likeness (QED) is 0.678. The molecule has 0 amide bonds. The van der Waals surface area contributed by atoms with E-state index in [1.807, 2.05) is 32.0 Å². The number of hydrogen-bond donors (Lipinski definition) is 0. The summed E-state index contributed by atoms with van der Waals surface area (Å²) in [6, 6.07) is 5.73. The molecule has 0 saturated heterocycles. The zero-order valence-corrected chi connectivity index (χ0v) is 13.6. The number of hydrogen-bond acceptors (Lipinski definition) is 2. The van der Waals surface area contributed by atoms with Crippen LogP contribution >= 0.6 is 39.1 Å². The molecule has 3 rings (SSSR count). The van der Waals surface area contributed by atoms with Gasteiger partial charge in [-0.1, -0.05) is 33.6 Å². The van der Waals surface area contributed by atoms with E-state index in [9.17, 15) is 0 Å². The van der Waals surface area contributed by atoms with Crippen LogP contribution in [-0.2, 0) is 6.42 Å². The lowest BCUT2D eigenvalue weighted by atomic mass is 10.0. The van der Waals surface area contributed by atoms with Gasteiger partial charge in [-0.25, -0.2) is 0 Å². The van der Waals surface area contributed by atoms with E-state index >= 15 is 0 Å². The van der Waals surface area contributed by atoms with Crippen molar-refractivity contribution in [1.29, 1.82) is 0 Å². The lowest BCUT2D eigenvalue weighted by Gasteiger charge is -2.21. The average Bonchev–Trinajstić information content (AvgIpc) is 2.76.